The molecular weight excluding hydrogens is 246 g/mol. The van der Waals surface area contributed by atoms with Crippen molar-refractivity contribution in [2.75, 3.05) is 0 Å². The second-order valence-electron chi connectivity index (χ2n) is 3.11. The number of carboxylic acid groups (broad SMARTS) is 1. The largest absolute Gasteiger partial charge is 0.480 e. The second kappa shape index (κ2) is 5.12. The molecule has 14 heavy (non-hydrogen) atoms. The fourth-order valence-corrected chi connectivity index (χ4v) is 1.58. The number of carbonyl (C=O) groups is 1. The van der Waals surface area contributed by atoms with E-state index in [1.165, 1.54) is 0 Å². The van der Waals surface area contributed by atoms with Crippen molar-refractivity contribution in [3.8, 4) is 0 Å². The van der Waals surface area contributed by atoms with Gasteiger partial charge in [0.2, 0.25) is 0 Å². The number of rotatable bonds is 4. The number of aliphatic carboxylic acids is 1. The molecule has 1 rings (SSSR count). The summed E-state index contributed by atoms with van der Waals surface area (Å²) in [5.74, 6) is -0.944. The van der Waals surface area contributed by atoms with Crippen molar-refractivity contribution in [3.63, 3.8) is 0 Å². The molecule has 0 saturated heterocycles. The third-order valence-corrected chi connectivity index (χ3v) is 2.44. The van der Waals surface area contributed by atoms with E-state index in [0.717, 1.165) is 10.0 Å². The van der Waals surface area contributed by atoms with Crippen LogP contribution in [0.4, 0.5) is 0 Å². The Morgan fingerprint density at radius 2 is 2.29 bits per heavy atom. The van der Waals surface area contributed by atoms with Crippen LogP contribution in [0.3, 0.4) is 0 Å². The van der Waals surface area contributed by atoms with Crippen LogP contribution in [0.25, 0.3) is 0 Å². The molecule has 1 unspecified atom stereocenters. The SMILES string of the molecule is NC(CCc1cccc(Br)c1)C(=O)O. The molecule has 0 saturated carbocycles. The van der Waals surface area contributed by atoms with Gasteiger partial charge in [0.15, 0.2) is 0 Å². The second-order valence-corrected chi connectivity index (χ2v) is 4.03. The minimum Gasteiger partial charge on any atom is -0.480 e. The van der Waals surface area contributed by atoms with Crippen molar-refractivity contribution < 1.29 is 9.90 Å². The van der Waals surface area contributed by atoms with E-state index in [-0.39, 0.29) is 0 Å². The fraction of sp³-hybridized carbons (Fsp3) is 0.300. The molecule has 4 heteroatoms. The van der Waals surface area contributed by atoms with Gasteiger partial charge < -0.3 is 10.8 Å². The van der Waals surface area contributed by atoms with Gasteiger partial charge in [-0.25, -0.2) is 0 Å². The summed E-state index contributed by atoms with van der Waals surface area (Å²) in [4.78, 5) is 10.5. The van der Waals surface area contributed by atoms with Crippen LogP contribution in [0.5, 0.6) is 0 Å². The van der Waals surface area contributed by atoms with E-state index >= 15 is 0 Å². The molecule has 3 N–H and O–H groups in total. The molecule has 3 nitrogen and oxygen atoms in total. The minimum absolute atomic E-state index is 0.464. The molecule has 0 fully saturated rings. The Bertz CT molecular complexity index is 328. The van der Waals surface area contributed by atoms with Gasteiger partial charge in [0.1, 0.15) is 6.04 Å². The summed E-state index contributed by atoms with van der Waals surface area (Å²) in [5.41, 5.74) is 6.48. The summed E-state index contributed by atoms with van der Waals surface area (Å²) in [6.45, 7) is 0. The smallest absolute Gasteiger partial charge is 0.320 e. The molecule has 1 aromatic carbocycles. The van der Waals surface area contributed by atoms with Gasteiger partial charge in [0.25, 0.3) is 0 Å². The first-order valence-corrected chi connectivity index (χ1v) is 5.11. The number of hydrogen-bond donors (Lipinski definition) is 2. The Morgan fingerprint density at radius 3 is 2.86 bits per heavy atom. The Hall–Kier alpha value is -0.870. The standard InChI is InChI=1S/C10H12BrNO2/c11-8-3-1-2-7(6-8)4-5-9(12)10(13)14/h1-3,6,9H,4-5,12H2,(H,13,14). The van der Waals surface area contributed by atoms with Crippen molar-refractivity contribution in [2.24, 2.45) is 5.73 Å². The first-order valence-electron chi connectivity index (χ1n) is 4.32. The van der Waals surface area contributed by atoms with Crippen LogP contribution >= 0.6 is 15.9 Å². The van der Waals surface area contributed by atoms with Crippen molar-refractivity contribution in [2.45, 2.75) is 18.9 Å². The van der Waals surface area contributed by atoms with Crippen LogP contribution in [0.2, 0.25) is 0 Å². The topological polar surface area (TPSA) is 63.3 Å². The maximum Gasteiger partial charge on any atom is 0.320 e. The highest BCUT2D eigenvalue weighted by atomic mass is 79.9. The van der Waals surface area contributed by atoms with Gasteiger partial charge in [-0.2, -0.15) is 0 Å². The lowest BCUT2D eigenvalue weighted by molar-refractivity contribution is -0.138. The minimum atomic E-state index is -0.944. The van der Waals surface area contributed by atoms with Crippen LogP contribution in [0, 0.1) is 0 Å². The molecule has 0 aromatic heterocycles. The van der Waals surface area contributed by atoms with E-state index in [4.69, 9.17) is 10.8 Å². The van der Waals surface area contributed by atoms with Crippen molar-refractivity contribution in [3.05, 3.63) is 34.3 Å². The number of hydrogen-bond acceptors (Lipinski definition) is 2. The molecule has 1 aromatic rings. The normalized spacial score (nSPS) is 12.4. The van der Waals surface area contributed by atoms with E-state index < -0.39 is 12.0 Å². The maximum atomic E-state index is 10.5. The lowest BCUT2D eigenvalue weighted by Crippen LogP contribution is -2.30. The Kier molecular flexibility index (Phi) is 4.10. The lowest BCUT2D eigenvalue weighted by atomic mass is 10.1. The summed E-state index contributed by atoms with van der Waals surface area (Å²) < 4.78 is 0.999. The first kappa shape index (κ1) is 11.2. The van der Waals surface area contributed by atoms with Gasteiger partial charge in [-0.3, -0.25) is 4.79 Å². The molecule has 1 atom stereocenters. The highest BCUT2D eigenvalue weighted by Crippen LogP contribution is 2.13. The summed E-state index contributed by atoms with van der Waals surface area (Å²) in [6.07, 6.45) is 1.15. The Morgan fingerprint density at radius 1 is 1.57 bits per heavy atom. The van der Waals surface area contributed by atoms with E-state index in [9.17, 15) is 4.79 Å². The highest BCUT2D eigenvalue weighted by Gasteiger charge is 2.10. The molecule has 0 heterocycles. The number of aryl methyl sites for hydroxylation is 1. The molecule has 0 bridgehead atoms. The number of benzene rings is 1. The lowest BCUT2D eigenvalue weighted by Gasteiger charge is -2.06. The molecule has 0 aliphatic heterocycles. The fourth-order valence-electron chi connectivity index (χ4n) is 1.14. The van der Waals surface area contributed by atoms with Gasteiger partial charge in [0, 0.05) is 4.47 Å². The zero-order valence-corrected chi connectivity index (χ0v) is 9.20. The molecule has 0 aliphatic carbocycles. The zero-order chi connectivity index (χ0) is 10.6. The third-order valence-electron chi connectivity index (χ3n) is 1.95. The quantitative estimate of drug-likeness (QED) is 0.865. The van der Waals surface area contributed by atoms with Crippen LogP contribution < -0.4 is 5.73 Å². The molecule has 0 radical (unpaired) electrons. The van der Waals surface area contributed by atoms with Crippen molar-refractivity contribution in [1.29, 1.82) is 0 Å². The number of halogens is 1. The van der Waals surface area contributed by atoms with E-state index in [1.54, 1.807) is 0 Å². The summed E-state index contributed by atoms with van der Waals surface area (Å²) in [5, 5.41) is 8.58. The predicted molar refractivity (Wildman–Crippen MR) is 58.1 cm³/mol. The van der Waals surface area contributed by atoms with E-state index in [0.29, 0.717) is 12.8 Å². The average molecular weight is 258 g/mol. The van der Waals surface area contributed by atoms with E-state index in [1.807, 2.05) is 24.3 Å². The summed E-state index contributed by atoms with van der Waals surface area (Å²) in [6, 6.07) is 7.01. The van der Waals surface area contributed by atoms with Crippen LogP contribution in [-0.2, 0) is 11.2 Å². The molecule has 76 valence electrons. The summed E-state index contributed by atoms with van der Waals surface area (Å²) in [7, 11) is 0. The summed E-state index contributed by atoms with van der Waals surface area (Å²) >= 11 is 3.35. The van der Waals surface area contributed by atoms with Gasteiger partial charge >= 0.3 is 5.97 Å². The molecule has 0 amide bonds. The van der Waals surface area contributed by atoms with Gasteiger partial charge in [0.05, 0.1) is 0 Å². The van der Waals surface area contributed by atoms with Crippen molar-refractivity contribution in [1.82, 2.24) is 0 Å². The molecule has 0 aliphatic rings. The zero-order valence-electron chi connectivity index (χ0n) is 7.61. The maximum absolute atomic E-state index is 10.5. The van der Waals surface area contributed by atoms with E-state index in [2.05, 4.69) is 15.9 Å². The van der Waals surface area contributed by atoms with Gasteiger partial charge in [-0.1, -0.05) is 28.1 Å². The monoisotopic (exact) mass is 257 g/mol. The van der Waals surface area contributed by atoms with Crippen LogP contribution in [0.15, 0.2) is 28.7 Å². The number of nitrogens with two attached hydrogens (primary N) is 1. The van der Waals surface area contributed by atoms with Crippen molar-refractivity contribution >= 4 is 21.9 Å². The van der Waals surface area contributed by atoms with Crippen LogP contribution in [0.1, 0.15) is 12.0 Å². The number of carboxylic acids is 1. The third kappa shape index (κ3) is 3.47. The Balaban J connectivity index is 2.49. The van der Waals surface area contributed by atoms with Crippen LogP contribution in [-0.4, -0.2) is 17.1 Å². The van der Waals surface area contributed by atoms with Gasteiger partial charge in [-0.05, 0) is 30.5 Å². The molecular formula is C10H12BrNO2. The molecule has 0 spiro atoms. The first-order chi connectivity index (χ1) is 6.59. The average Bonchev–Trinajstić information content (AvgIpc) is 2.14. The predicted octanol–water partition coefficient (Wildman–Crippen LogP) is 1.79. The van der Waals surface area contributed by atoms with Gasteiger partial charge in [-0.15, -0.1) is 0 Å². The Labute approximate surface area is 91.1 Å². The highest BCUT2D eigenvalue weighted by molar-refractivity contribution is 9.10.